The van der Waals surface area contributed by atoms with Crippen LogP contribution >= 0.6 is 0 Å². The molecule has 4 rings (SSSR count). The van der Waals surface area contributed by atoms with Gasteiger partial charge in [0.2, 0.25) is 0 Å². The van der Waals surface area contributed by atoms with Crippen LogP contribution < -0.4 is 5.32 Å². The standard InChI is InChI=1S/C23H24N4O2/c1-23(2,16-28)15-24-22(29)20-12-13-25-27(20)21-11-10-19-9-8-18(14-26(19)21)17-6-4-3-5-7-17/h3-14,28H,15-16H2,1-2H3,(H,24,29). The van der Waals surface area contributed by atoms with Crippen molar-refractivity contribution in [1.29, 1.82) is 0 Å². The van der Waals surface area contributed by atoms with E-state index < -0.39 is 0 Å². The highest BCUT2D eigenvalue weighted by atomic mass is 16.3. The van der Waals surface area contributed by atoms with Crippen molar-refractivity contribution in [2.75, 3.05) is 13.2 Å². The number of carbonyl (C=O) groups excluding carboxylic acids is 1. The lowest BCUT2D eigenvalue weighted by molar-refractivity contribution is 0.0903. The molecule has 1 amide bonds. The number of carbonyl (C=O) groups is 1. The van der Waals surface area contributed by atoms with Gasteiger partial charge in [-0.25, -0.2) is 4.68 Å². The van der Waals surface area contributed by atoms with Gasteiger partial charge in [-0.3, -0.25) is 4.79 Å². The summed E-state index contributed by atoms with van der Waals surface area (Å²) in [6, 6.07) is 20.0. The first kappa shape index (κ1) is 19.0. The lowest BCUT2D eigenvalue weighted by atomic mass is 9.95. The number of benzene rings is 1. The molecule has 3 aromatic heterocycles. The molecule has 0 saturated heterocycles. The Hall–Kier alpha value is -3.38. The molecule has 0 aliphatic rings. The van der Waals surface area contributed by atoms with Gasteiger partial charge in [0.1, 0.15) is 11.5 Å². The van der Waals surface area contributed by atoms with Gasteiger partial charge in [-0.05, 0) is 35.4 Å². The smallest absolute Gasteiger partial charge is 0.270 e. The summed E-state index contributed by atoms with van der Waals surface area (Å²) in [5.41, 5.74) is 3.29. The summed E-state index contributed by atoms with van der Waals surface area (Å²) in [6.07, 6.45) is 3.67. The molecule has 6 nitrogen and oxygen atoms in total. The third kappa shape index (κ3) is 3.79. The molecule has 29 heavy (non-hydrogen) atoms. The van der Waals surface area contributed by atoms with Crippen LogP contribution in [0.15, 0.2) is 73.1 Å². The van der Waals surface area contributed by atoms with Crippen LogP contribution in [0.3, 0.4) is 0 Å². The number of aliphatic hydroxyl groups excluding tert-OH is 1. The highest BCUT2D eigenvalue weighted by Crippen LogP contribution is 2.23. The third-order valence-corrected chi connectivity index (χ3v) is 4.99. The minimum atomic E-state index is -0.382. The van der Waals surface area contributed by atoms with Crippen LogP contribution in [0.25, 0.3) is 22.5 Å². The molecule has 148 valence electrons. The largest absolute Gasteiger partial charge is 0.396 e. The summed E-state index contributed by atoms with van der Waals surface area (Å²) in [5, 5.41) is 16.7. The van der Waals surface area contributed by atoms with Gasteiger partial charge in [0, 0.05) is 30.3 Å². The number of rotatable bonds is 6. The Bertz CT molecular complexity index is 1140. The van der Waals surface area contributed by atoms with Crippen molar-refractivity contribution in [3.05, 3.63) is 78.8 Å². The van der Waals surface area contributed by atoms with Gasteiger partial charge in [0.05, 0.1) is 6.20 Å². The van der Waals surface area contributed by atoms with Crippen molar-refractivity contribution in [2.45, 2.75) is 13.8 Å². The second-order valence-corrected chi connectivity index (χ2v) is 7.90. The number of hydrogen-bond donors (Lipinski definition) is 2. The number of amides is 1. The lowest BCUT2D eigenvalue weighted by Crippen LogP contribution is -2.36. The molecule has 0 unspecified atom stereocenters. The molecule has 0 bridgehead atoms. The molecular formula is C23H24N4O2. The van der Waals surface area contributed by atoms with E-state index in [9.17, 15) is 9.90 Å². The normalized spacial score (nSPS) is 11.7. The highest BCUT2D eigenvalue weighted by Gasteiger charge is 2.20. The maximum Gasteiger partial charge on any atom is 0.270 e. The second kappa shape index (κ2) is 7.56. The number of nitrogens with zero attached hydrogens (tertiary/aromatic N) is 3. The van der Waals surface area contributed by atoms with Crippen LogP contribution in [-0.2, 0) is 0 Å². The Balaban J connectivity index is 1.69. The Labute approximate surface area is 169 Å². The summed E-state index contributed by atoms with van der Waals surface area (Å²) in [4.78, 5) is 12.7. The molecule has 0 atom stereocenters. The fraction of sp³-hybridized carbons (Fsp3) is 0.217. The first-order valence-electron chi connectivity index (χ1n) is 9.58. The molecule has 0 saturated carbocycles. The Kier molecular flexibility index (Phi) is 4.94. The third-order valence-electron chi connectivity index (χ3n) is 4.99. The SMILES string of the molecule is CC(C)(CO)CNC(=O)c1ccnn1-c1ccc2ccc(-c3ccccc3)cn12. The van der Waals surface area contributed by atoms with Crippen LogP contribution in [0.1, 0.15) is 24.3 Å². The fourth-order valence-corrected chi connectivity index (χ4v) is 3.18. The second-order valence-electron chi connectivity index (χ2n) is 7.90. The topological polar surface area (TPSA) is 71.6 Å². The zero-order valence-electron chi connectivity index (χ0n) is 16.5. The number of hydrogen-bond acceptors (Lipinski definition) is 3. The van der Waals surface area contributed by atoms with E-state index in [1.807, 2.05) is 48.6 Å². The molecule has 0 aliphatic carbocycles. The predicted octanol–water partition coefficient (Wildman–Crippen LogP) is 3.54. The number of aromatic nitrogens is 3. The van der Waals surface area contributed by atoms with Crippen LogP contribution in [0, 0.1) is 5.41 Å². The molecule has 0 aliphatic heterocycles. The van der Waals surface area contributed by atoms with E-state index in [0.717, 1.165) is 22.5 Å². The molecule has 3 heterocycles. The molecule has 0 radical (unpaired) electrons. The number of aliphatic hydroxyl groups is 1. The molecular weight excluding hydrogens is 364 g/mol. The lowest BCUT2D eigenvalue weighted by Gasteiger charge is -2.21. The highest BCUT2D eigenvalue weighted by molar-refractivity contribution is 5.93. The molecule has 6 heteroatoms. The van der Waals surface area contributed by atoms with E-state index in [0.29, 0.717) is 12.2 Å². The van der Waals surface area contributed by atoms with Crippen molar-refractivity contribution in [1.82, 2.24) is 19.5 Å². The Morgan fingerprint density at radius 1 is 1.03 bits per heavy atom. The van der Waals surface area contributed by atoms with E-state index in [1.54, 1.807) is 16.9 Å². The van der Waals surface area contributed by atoms with Gasteiger partial charge in [0.25, 0.3) is 5.91 Å². The predicted molar refractivity (Wildman–Crippen MR) is 113 cm³/mol. The van der Waals surface area contributed by atoms with Crippen LogP contribution in [0.2, 0.25) is 0 Å². The minimum Gasteiger partial charge on any atom is -0.396 e. The number of pyridine rings is 1. The van der Waals surface area contributed by atoms with Crippen LogP contribution in [-0.4, -0.2) is 38.3 Å². The van der Waals surface area contributed by atoms with Crippen LogP contribution in [0.4, 0.5) is 0 Å². The molecule has 0 spiro atoms. The average molecular weight is 388 g/mol. The van der Waals surface area contributed by atoms with Crippen molar-refractivity contribution in [2.24, 2.45) is 5.41 Å². The quantitative estimate of drug-likeness (QED) is 0.531. The van der Waals surface area contributed by atoms with Crippen molar-refractivity contribution >= 4 is 11.4 Å². The van der Waals surface area contributed by atoms with Crippen molar-refractivity contribution in [3.8, 4) is 16.9 Å². The zero-order valence-corrected chi connectivity index (χ0v) is 16.5. The van der Waals surface area contributed by atoms with Gasteiger partial charge in [-0.15, -0.1) is 0 Å². The average Bonchev–Trinajstić information content (AvgIpc) is 3.39. The van der Waals surface area contributed by atoms with Crippen molar-refractivity contribution in [3.63, 3.8) is 0 Å². The van der Waals surface area contributed by atoms with Gasteiger partial charge in [0.15, 0.2) is 0 Å². The van der Waals surface area contributed by atoms with E-state index >= 15 is 0 Å². The van der Waals surface area contributed by atoms with E-state index in [-0.39, 0.29) is 17.9 Å². The van der Waals surface area contributed by atoms with Crippen LogP contribution in [0.5, 0.6) is 0 Å². The number of fused-ring (bicyclic) bond motifs is 1. The summed E-state index contributed by atoms with van der Waals surface area (Å²) in [6.45, 7) is 4.17. The first-order valence-corrected chi connectivity index (χ1v) is 9.58. The van der Waals surface area contributed by atoms with Gasteiger partial charge in [-0.1, -0.05) is 50.2 Å². The fourth-order valence-electron chi connectivity index (χ4n) is 3.18. The maximum atomic E-state index is 12.7. The van der Waals surface area contributed by atoms with Gasteiger partial charge in [-0.2, -0.15) is 5.10 Å². The zero-order chi connectivity index (χ0) is 20.4. The summed E-state index contributed by atoms with van der Waals surface area (Å²) in [7, 11) is 0. The molecule has 0 fully saturated rings. The molecule has 2 N–H and O–H groups in total. The Morgan fingerprint density at radius 2 is 1.79 bits per heavy atom. The molecule has 1 aromatic carbocycles. The van der Waals surface area contributed by atoms with Crippen molar-refractivity contribution < 1.29 is 9.90 Å². The summed E-state index contributed by atoms with van der Waals surface area (Å²) >= 11 is 0. The Morgan fingerprint density at radius 3 is 2.55 bits per heavy atom. The number of nitrogens with one attached hydrogen (secondary N) is 1. The van der Waals surface area contributed by atoms with E-state index in [1.165, 1.54) is 0 Å². The maximum absolute atomic E-state index is 12.7. The minimum absolute atomic E-state index is 0.00184. The first-order chi connectivity index (χ1) is 14.0. The summed E-state index contributed by atoms with van der Waals surface area (Å²) in [5.74, 6) is 0.563. The van der Waals surface area contributed by atoms with E-state index in [4.69, 9.17) is 0 Å². The molecule has 4 aromatic rings. The van der Waals surface area contributed by atoms with Gasteiger partial charge >= 0.3 is 0 Å². The summed E-state index contributed by atoms with van der Waals surface area (Å²) < 4.78 is 3.67. The van der Waals surface area contributed by atoms with E-state index in [2.05, 4.69) is 40.9 Å². The monoisotopic (exact) mass is 388 g/mol. The van der Waals surface area contributed by atoms with Gasteiger partial charge < -0.3 is 14.8 Å².